The summed E-state index contributed by atoms with van der Waals surface area (Å²) < 4.78 is 0. The largest absolute Gasteiger partial charge is 0.354 e. The van der Waals surface area contributed by atoms with Crippen LogP contribution in [0.1, 0.15) is 0 Å². The van der Waals surface area contributed by atoms with Gasteiger partial charge in [0.2, 0.25) is 0 Å². The van der Waals surface area contributed by atoms with Gasteiger partial charge in [0.1, 0.15) is 17.2 Å². The summed E-state index contributed by atoms with van der Waals surface area (Å²) in [6.45, 7) is 3.74. The van der Waals surface area contributed by atoms with E-state index in [1.807, 2.05) is 12.1 Å². The summed E-state index contributed by atoms with van der Waals surface area (Å²) in [5, 5.41) is 3.30. The molecule has 0 radical (unpaired) electrons. The van der Waals surface area contributed by atoms with Crippen LogP contribution >= 0.6 is 0 Å². The number of rotatable bonds is 2. The monoisotopic (exact) mass is 313 g/mol. The van der Waals surface area contributed by atoms with Crippen molar-refractivity contribution >= 4 is 17.0 Å². The highest BCUT2D eigenvalue weighted by Crippen LogP contribution is 2.19. The molecule has 9 nitrogen and oxygen atoms in total. The molecule has 0 aromatic carbocycles. The van der Waals surface area contributed by atoms with Crippen molar-refractivity contribution in [3.05, 3.63) is 39.2 Å². The summed E-state index contributed by atoms with van der Waals surface area (Å²) in [5.41, 5.74) is 0.159. The normalized spacial score (nSPS) is 15.2. The Labute approximate surface area is 129 Å². The van der Waals surface area contributed by atoms with E-state index in [0.717, 1.165) is 37.6 Å². The Morgan fingerprint density at radius 1 is 1.04 bits per heavy atom. The number of nitrogens with zero attached hydrogens (tertiary/aromatic N) is 3. The van der Waals surface area contributed by atoms with Crippen molar-refractivity contribution in [2.75, 3.05) is 31.1 Å². The van der Waals surface area contributed by atoms with Crippen LogP contribution in [0.25, 0.3) is 22.6 Å². The first-order valence-electron chi connectivity index (χ1n) is 7.35. The molecule has 0 aliphatic carbocycles. The highest BCUT2D eigenvalue weighted by atomic mass is 16.2. The van der Waals surface area contributed by atoms with Crippen molar-refractivity contribution in [2.24, 2.45) is 0 Å². The predicted molar refractivity (Wildman–Crippen MR) is 85.6 cm³/mol. The van der Waals surface area contributed by atoms with Gasteiger partial charge in [-0.25, -0.2) is 14.8 Å². The van der Waals surface area contributed by atoms with Gasteiger partial charge in [0.05, 0.1) is 0 Å². The molecule has 9 heteroatoms. The number of anilines is 1. The van der Waals surface area contributed by atoms with Gasteiger partial charge in [-0.15, -0.1) is 0 Å². The topological polar surface area (TPSA) is 123 Å². The molecule has 0 spiro atoms. The average Bonchev–Trinajstić information content (AvgIpc) is 3.00. The molecule has 0 saturated carbocycles. The second-order valence-corrected chi connectivity index (χ2v) is 5.36. The molecule has 23 heavy (non-hydrogen) atoms. The van der Waals surface area contributed by atoms with Crippen LogP contribution in [0.4, 0.5) is 5.82 Å². The van der Waals surface area contributed by atoms with Crippen molar-refractivity contribution in [3.8, 4) is 11.4 Å². The quantitative estimate of drug-likeness (QED) is 0.501. The number of hydrogen-bond donors (Lipinski definition) is 4. The maximum absolute atomic E-state index is 11.7. The Kier molecular flexibility index (Phi) is 3.19. The Balaban J connectivity index is 1.69. The molecule has 1 saturated heterocycles. The van der Waals surface area contributed by atoms with Crippen molar-refractivity contribution in [1.82, 2.24) is 30.2 Å². The summed E-state index contributed by atoms with van der Waals surface area (Å²) in [4.78, 5) is 41.5. The number of H-pyrrole nitrogens is 3. The second kappa shape index (κ2) is 5.36. The summed E-state index contributed by atoms with van der Waals surface area (Å²) in [6.07, 6.45) is 1.71. The summed E-state index contributed by atoms with van der Waals surface area (Å²) in [5.74, 6) is 1.41. The molecule has 4 rings (SSSR count). The van der Waals surface area contributed by atoms with Crippen LogP contribution in [0.15, 0.2) is 27.9 Å². The van der Waals surface area contributed by atoms with Crippen molar-refractivity contribution in [1.29, 1.82) is 0 Å². The third-order valence-electron chi connectivity index (χ3n) is 3.85. The van der Waals surface area contributed by atoms with Gasteiger partial charge >= 0.3 is 5.69 Å². The molecule has 4 N–H and O–H groups in total. The zero-order valence-corrected chi connectivity index (χ0v) is 12.2. The number of hydrogen-bond acceptors (Lipinski definition) is 6. The first-order valence-corrected chi connectivity index (χ1v) is 7.35. The van der Waals surface area contributed by atoms with Crippen molar-refractivity contribution in [3.63, 3.8) is 0 Å². The second-order valence-electron chi connectivity index (χ2n) is 5.36. The highest BCUT2D eigenvalue weighted by molar-refractivity contribution is 5.74. The van der Waals surface area contributed by atoms with Crippen LogP contribution in [0.5, 0.6) is 0 Å². The SMILES string of the molecule is O=c1[nH]c(=O)c2[nH]c(-c3ccc(N4CCNCC4)nc3)nc2[nH]1. The molecule has 0 atom stereocenters. The molecule has 1 aliphatic heterocycles. The van der Waals surface area contributed by atoms with Gasteiger partial charge in [-0.05, 0) is 12.1 Å². The van der Waals surface area contributed by atoms with Crippen molar-refractivity contribution in [2.45, 2.75) is 0 Å². The third-order valence-corrected chi connectivity index (χ3v) is 3.85. The van der Waals surface area contributed by atoms with E-state index in [4.69, 9.17) is 0 Å². The predicted octanol–water partition coefficient (Wildman–Crippen LogP) is -0.589. The lowest BCUT2D eigenvalue weighted by Crippen LogP contribution is -2.43. The molecule has 0 unspecified atom stereocenters. The molecule has 1 fully saturated rings. The minimum Gasteiger partial charge on any atom is -0.354 e. The molecule has 118 valence electrons. The van der Waals surface area contributed by atoms with E-state index in [0.29, 0.717) is 5.82 Å². The highest BCUT2D eigenvalue weighted by Gasteiger charge is 2.13. The Morgan fingerprint density at radius 3 is 2.61 bits per heavy atom. The van der Waals surface area contributed by atoms with E-state index in [2.05, 4.69) is 35.1 Å². The van der Waals surface area contributed by atoms with Crippen LogP contribution in [0, 0.1) is 0 Å². The van der Waals surface area contributed by atoms with E-state index < -0.39 is 11.2 Å². The van der Waals surface area contributed by atoms with Crippen LogP contribution in [0.2, 0.25) is 0 Å². The molecule has 0 amide bonds. The first kappa shape index (κ1) is 13.7. The van der Waals surface area contributed by atoms with Gasteiger partial charge < -0.3 is 15.2 Å². The average molecular weight is 313 g/mol. The number of imidazole rings is 1. The van der Waals surface area contributed by atoms with Crippen LogP contribution < -0.4 is 21.5 Å². The lowest BCUT2D eigenvalue weighted by molar-refractivity contribution is 0.585. The molecule has 1 aliphatic rings. The van der Waals surface area contributed by atoms with Crippen LogP contribution in [0.3, 0.4) is 0 Å². The van der Waals surface area contributed by atoms with Crippen LogP contribution in [-0.2, 0) is 0 Å². The molecule has 4 heterocycles. The lowest BCUT2D eigenvalue weighted by atomic mass is 10.2. The van der Waals surface area contributed by atoms with E-state index in [1.165, 1.54) is 0 Å². The standard InChI is InChI=1S/C14H15N7O2/c22-13-10-12(19-14(23)20-13)18-11(17-10)8-1-2-9(16-7-8)21-5-3-15-4-6-21/h1-2,7,15H,3-6H2,(H3,17,18,19,20,22,23). The fourth-order valence-electron chi connectivity index (χ4n) is 2.68. The Hall–Kier alpha value is -2.94. The van der Waals surface area contributed by atoms with Gasteiger partial charge in [0.25, 0.3) is 5.56 Å². The molecule has 3 aromatic heterocycles. The lowest BCUT2D eigenvalue weighted by Gasteiger charge is -2.28. The van der Waals surface area contributed by atoms with Gasteiger partial charge in [-0.3, -0.25) is 14.8 Å². The molecular weight excluding hydrogens is 298 g/mol. The number of pyridine rings is 1. The Morgan fingerprint density at radius 2 is 1.87 bits per heavy atom. The van der Waals surface area contributed by atoms with E-state index in [1.54, 1.807) is 6.20 Å². The minimum absolute atomic E-state index is 0.236. The summed E-state index contributed by atoms with van der Waals surface area (Å²) >= 11 is 0. The minimum atomic E-state index is -0.576. The summed E-state index contributed by atoms with van der Waals surface area (Å²) in [7, 11) is 0. The first-order chi connectivity index (χ1) is 11.2. The number of fused-ring (bicyclic) bond motifs is 1. The van der Waals surface area contributed by atoms with Crippen molar-refractivity contribution < 1.29 is 0 Å². The van der Waals surface area contributed by atoms with Gasteiger partial charge in [0, 0.05) is 37.9 Å². The molecule has 0 bridgehead atoms. The van der Waals surface area contributed by atoms with E-state index in [-0.39, 0.29) is 11.2 Å². The van der Waals surface area contributed by atoms with E-state index in [9.17, 15) is 9.59 Å². The number of piperazine rings is 1. The summed E-state index contributed by atoms with van der Waals surface area (Å²) in [6, 6.07) is 3.83. The molecule has 3 aromatic rings. The van der Waals surface area contributed by atoms with Crippen LogP contribution in [-0.4, -0.2) is 51.1 Å². The zero-order chi connectivity index (χ0) is 15.8. The smallest absolute Gasteiger partial charge is 0.327 e. The third kappa shape index (κ3) is 2.50. The Bertz CT molecular complexity index is 948. The van der Waals surface area contributed by atoms with Gasteiger partial charge in [-0.1, -0.05) is 0 Å². The zero-order valence-electron chi connectivity index (χ0n) is 12.2. The fraction of sp³-hybridized carbons (Fsp3) is 0.286. The fourth-order valence-corrected chi connectivity index (χ4v) is 2.68. The number of nitrogens with one attached hydrogen (secondary N) is 4. The number of aromatic nitrogens is 5. The maximum Gasteiger partial charge on any atom is 0.327 e. The number of aromatic amines is 3. The van der Waals surface area contributed by atoms with Gasteiger partial charge in [0.15, 0.2) is 5.65 Å². The van der Waals surface area contributed by atoms with E-state index >= 15 is 0 Å². The molecular formula is C14H15N7O2. The van der Waals surface area contributed by atoms with Gasteiger partial charge in [-0.2, -0.15) is 0 Å². The maximum atomic E-state index is 11.7.